The molecule has 0 aliphatic rings. The van der Waals surface area contributed by atoms with Gasteiger partial charge in [-0.3, -0.25) is 4.79 Å². The molecule has 1 amide bonds. The average Bonchev–Trinajstić information content (AvgIpc) is 2.85. The summed E-state index contributed by atoms with van der Waals surface area (Å²) in [5.41, 5.74) is 7.16. The van der Waals surface area contributed by atoms with Crippen molar-refractivity contribution in [2.45, 2.75) is 19.5 Å². The molecule has 19 heavy (non-hydrogen) atoms. The molecule has 1 aromatic carbocycles. The third-order valence-corrected chi connectivity index (χ3v) is 4.23. The van der Waals surface area contributed by atoms with E-state index in [4.69, 9.17) is 17.3 Å². The van der Waals surface area contributed by atoms with Crippen molar-refractivity contribution in [2.24, 2.45) is 5.73 Å². The summed E-state index contributed by atoms with van der Waals surface area (Å²) in [7, 11) is 0. The molecule has 0 radical (unpaired) electrons. The standard InChI is InChI=1S/C14H15ClN2OS/c1-9(12-6-7-13(15)19-12)17-14(18)11-4-2-10(8-16)3-5-11/h2-7,9H,8,16H2,1H3,(H,17,18). The Morgan fingerprint density at radius 2 is 2.00 bits per heavy atom. The lowest BCUT2D eigenvalue weighted by atomic mass is 10.1. The van der Waals surface area contributed by atoms with E-state index in [9.17, 15) is 4.79 Å². The van der Waals surface area contributed by atoms with Crippen LogP contribution in [0, 0.1) is 0 Å². The molecule has 3 nitrogen and oxygen atoms in total. The van der Waals surface area contributed by atoms with Crippen LogP contribution in [-0.4, -0.2) is 5.91 Å². The summed E-state index contributed by atoms with van der Waals surface area (Å²) < 4.78 is 0.725. The molecule has 100 valence electrons. The van der Waals surface area contributed by atoms with Gasteiger partial charge in [0.1, 0.15) is 0 Å². The first kappa shape index (κ1) is 14.1. The Labute approximate surface area is 121 Å². The highest BCUT2D eigenvalue weighted by atomic mass is 35.5. The lowest BCUT2D eigenvalue weighted by molar-refractivity contribution is 0.0940. The molecule has 5 heteroatoms. The van der Waals surface area contributed by atoms with Crippen molar-refractivity contribution in [3.05, 3.63) is 56.7 Å². The fraction of sp³-hybridized carbons (Fsp3) is 0.214. The van der Waals surface area contributed by atoms with Gasteiger partial charge < -0.3 is 11.1 Å². The van der Waals surface area contributed by atoms with Crippen molar-refractivity contribution in [1.29, 1.82) is 0 Å². The van der Waals surface area contributed by atoms with Crippen molar-refractivity contribution in [2.75, 3.05) is 0 Å². The first-order chi connectivity index (χ1) is 9.10. The van der Waals surface area contributed by atoms with Crippen LogP contribution in [0.2, 0.25) is 4.34 Å². The monoisotopic (exact) mass is 294 g/mol. The van der Waals surface area contributed by atoms with Gasteiger partial charge in [-0.1, -0.05) is 23.7 Å². The number of hydrogen-bond acceptors (Lipinski definition) is 3. The first-order valence-corrected chi connectivity index (χ1v) is 7.14. The lowest BCUT2D eigenvalue weighted by Crippen LogP contribution is -2.26. The number of amides is 1. The fourth-order valence-corrected chi connectivity index (χ4v) is 2.77. The summed E-state index contributed by atoms with van der Waals surface area (Å²) in [4.78, 5) is 13.1. The molecule has 3 N–H and O–H groups in total. The van der Waals surface area contributed by atoms with Crippen molar-refractivity contribution < 1.29 is 4.79 Å². The molecular weight excluding hydrogens is 280 g/mol. The summed E-state index contributed by atoms with van der Waals surface area (Å²) in [6.45, 7) is 2.42. The molecule has 1 unspecified atom stereocenters. The van der Waals surface area contributed by atoms with Crippen LogP contribution in [0.5, 0.6) is 0 Å². The quantitative estimate of drug-likeness (QED) is 0.908. The highest BCUT2D eigenvalue weighted by Crippen LogP contribution is 2.26. The second kappa shape index (κ2) is 6.19. The van der Waals surface area contributed by atoms with Crippen LogP contribution in [0.15, 0.2) is 36.4 Å². The lowest BCUT2D eigenvalue weighted by Gasteiger charge is -2.12. The zero-order valence-electron chi connectivity index (χ0n) is 10.5. The van der Waals surface area contributed by atoms with Gasteiger partial charge in [0, 0.05) is 17.0 Å². The minimum atomic E-state index is -0.0967. The molecule has 2 rings (SSSR count). The number of benzene rings is 1. The van der Waals surface area contributed by atoms with E-state index in [1.807, 2.05) is 31.2 Å². The Hall–Kier alpha value is -1.36. The van der Waals surface area contributed by atoms with Crippen molar-refractivity contribution in [3.63, 3.8) is 0 Å². The van der Waals surface area contributed by atoms with Crippen LogP contribution in [-0.2, 0) is 6.54 Å². The topological polar surface area (TPSA) is 55.1 Å². The van der Waals surface area contributed by atoms with E-state index in [0.717, 1.165) is 14.8 Å². The van der Waals surface area contributed by atoms with E-state index < -0.39 is 0 Å². The van der Waals surface area contributed by atoms with Crippen LogP contribution in [0.1, 0.15) is 33.8 Å². The number of nitrogens with two attached hydrogens (primary N) is 1. The van der Waals surface area contributed by atoms with Gasteiger partial charge >= 0.3 is 0 Å². The van der Waals surface area contributed by atoms with E-state index >= 15 is 0 Å². The number of hydrogen-bond donors (Lipinski definition) is 2. The summed E-state index contributed by atoms with van der Waals surface area (Å²) in [6, 6.07) is 11.0. The van der Waals surface area contributed by atoms with Crippen LogP contribution in [0.25, 0.3) is 0 Å². The number of carbonyl (C=O) groups excluding carboxylic acids is 1. The maximum absolute atomic E-state index is 12.1. The summed E-state index contributed by atoms with van der Waals surface area (Å²) in [5, 5.41) is 2.94. The Balaban J connectivity index is 2.03. The zero-order valence-corrected chi connectivity index (χ0v) is 12.1. The number of halogens is 1. The van der Waals surface area contributed by atoms with Gasteiger partial charge in [-0.15, -0.1) is 11.3 Å². The van der Waals surface area contributed by atoms with Gasteiger partial charge in [-0.2, -0.15) is 0 Å². The molecular formula is C14H15ClN2OS. The number of thiophene rings is 1. The second-order valence-electron chi connectivity index (χ2n) is 4.24. The molecule has 0 saturated carbocycles. The molecule has 1 atom stereocenters. The number of rotatable bonds is 4. The molecule has 0 aliphatic carbocycles. The number of carbonyl (C=O) groups is 1. The molecule has 0 spiro atoms. The highest BCUT2D eigenvalue weighted by molar-refractivity contribution is 7.16. The largest absolute Gasteiger partial charge is 0.345 e. The second-order valence-corrected chi connectivity index (χ2v) is 5.98. The Bertz CT molecular complexity index is 565. The fourth-order valence-electron chi connectivity index (χ4n) is 1.70. The van der Waals surface area contributed by atoms with Crippen LogP contribution < -0.4 is 11.1 Å². The molecule has 0 fully saturated rings. The highest BCUT2D eigenvalue weighted by Gasteiger charge is 2.12. The van der Waals surface area contributed by atoms with Gasteiger partial charge in [0.25, 0.3) is 5.91 Å². The van der Waals surface area contributed by atoms with Crippen molar-refractivity contribution in [1.82, 2.24) is 5.32 Å². The third-order valence-electron chi connectivity index (χ3n) is 2.82. The van der Waals surface area contributed by atoms with Gasteiger partial charge in [0.2, 0.25) is 0 Å². The Morgan fingerprint density at radius 1 is 1.32 bits per heavy atom. The Morgan fingerprint density at radius 3 is 2.53 bits per heavy atom. The maximum atomic E-state index is 12.1. The smallest absolute Gasteiger partial charge is 0.251 e. The van der Waals surface area contributed by atoms with Crippen LogP contribution in [0.3, 0.4) is 0 Å². The van der Waals surface area contributed by atoms with E-state index in [0.29, 0.717) is 12.1 Å². The van der Waals surface area contributed by atoms with Crippen LogP contribution in [0.4, 0.5) is 0 Å². The Kier molecular flexibility index (Phi) is 4.58. The maximum Gasteiger partial charge on any atom is 0.251 e. The summed E-state index contributed by atoms with van der Waals surface area (Å²) in [6.07, 6.45) is 0. The predicted molar refractivity (Wildman–Crippen MR) is 79.5 cm³/mol. The summed E-state index contributed by atoms with van der Waals surface area (Å²) in [5.74, 6) is -0.0967. The first-order valence-electron chi connectivity index (χ1n) is 5.95. The molecule has 0 bridgehead atoms. The van der Waals surface area contributed by atoms with Crippen molar-refractivity contribution in [3.8, 4) is 0 Å². The normalized spacial score (nSPS) is 12.2. The van der Waals surface area contributed by atoms with E-state index in [1.165, 1.54) is 11.3 Å². The minimum Gasteiger partial charge on any atom is -0.345 e. The molecule has 0 aliphatic heterocycles. The SMILES string of the molecule is CC(NC(=O)c1ccc(CN)cc1)c1ccc(Cl)s1. The van der Waals surface area contributed by atoms with E-state index in [-0.39, 0.29) is 11.9 Å². The average molecular weight is 295 g/mol. The predicted octanol–water partition coefficient (Wildman–Crippen LogP) is 3.35. The van der Waals surface area contributed by atoms with E-state index in [1.54, 1.807) is 12.1 Å². The van der Waals surface area contributed by atoms with Crippen molar-refractivity contribution >= 4 is 28.8 Å². The molecule has 1 heterocycles. The van der Waals surface area contributed by atoms with Gasteiger partial charge in [-0.05, 0) is 36.8 Å². The van der Waals surface area contributed by atoms with Gasteiger partial charge in [0.05, 0.1) is 10.4 Å². The minimum absolute atomic E-state index is 0.0563. The molecule has 1 aromatic heterocycles. The van der Waals surface area contributed by atoms with Gasteiger partial charge in [0.15, 0.2) is 0 Å². The molecule has 0 saturated heterocycles. The third kappa shape index (κ3) is 3.56. The molecule has 2 aromatic rings. The summed E-state index contributed by atoms with van der Waals surface area (Å²) >= 11 is 7.36. The van der Waals surface area contributed by atoms with E-state index in [2.05, 4.69) is 5.32 Å². The van der Waals surface area contributed by atoms with Gasteiger partial charge in [-0.25, -0.2) is 0 Å². The number of nitrogens with one attached hydrogen (secondary N) is 1. The zero-order chi connectivity index (χ0) is 13.8. The van der Waals surface area contributed by atoms with Crippen LogP contribution >= 0.6 is 22.9 Å².